The second-order valence-corrected chi connectivity index (χ2v) is 5.83. The van der Waals surface area contributed by atoms with Gasteiger partial charge in [0.25, 0.3) is 0 Å². The summed E-state index contributed by atoms with van der Waals surface area (Å²) in [4.78, 5) is 12.8. The van der Waals surface area contributed by atoms with Crippen molar-refractivity contribution in [2.24, 2.45) is 0 Å². The number of hydrogen-bond acceptors (Lipinski definition) is 2. The largest absolute Gasteiger partial charge is 0.288 e. The summed E-state index contributed by atoms with van der Waals surface area (Å²) < 4.78 is 0. The van der Waals surface area contributed by atoms with Crippen LogP contribution in [0, 0.1) is 11.8 Å². The van der Waals surface area contributed by atoms with Crippen LogP contribution >= 0.6 is 11.3 Å². The minimum atomic E-state index is 0.0193. The number of allylic oxidation sites excluding steroid dienone is 1. The zero-order valence-electron chi connectivity index (χ0n) is 12.4. The minimum Gasteiger partial charge on any atom is -0.288 e. The molecule has 23 heavy (non-hydrogen) atoms. The van der Waals surface area contributed by atoms with Gasteiger partial charge in [-0.1, -0.05) is 54.3 Å². The molecule has 0 N–H and O–H groups in total. The third-order valence-corrected chi connectivity index (χ3v) is 4.14. The highest BCUT2D eigenvalue weighted by molar-refractivity contribution is 7.12. The third kappa shape index (κ3) is 4.06. The van der Waals surface area contributed by atoms with Gasteiger partial charge >= 0.3 is 0 Å². The molecule has 3 rings (SSSR count). The number of hydrogen-bond donors (Lipinski definition) is 0. The first-order valence-electron chi connectivity index (χ1n) is 7.25. The molecule has 0 saturated carbocycles. The van der Waals surface area contributed by atoms with Crippen LogP contribution in [-0.4, -0.2) is 5.78 Å². The summed E-state index contributed by atoms with van der Waals surface area (Å²) in [7, 11) is 0. The molecule has 1 heterocycles. The highest BCUT2D eigenvalue weighted by Gasteiger charge is 2.02. The Labute approximate surface area is 139 Å². The second-order valence-electron chi connectivity index (χ2n) is 4.88. The summed E-state index contributed by atoms with van der Waals surface area (Å²) in [5.41, 5.74) is 2.83. The van der Waals surface area contributed by atoms with Gasteiger partial charge in [0.1, 0.15) is 0 Å². The number of rotatable bonds is 3. The first-order valence-corrected chi connectivity index (χ1v) is 8.13. The Kier molecular flexibility index (Phi) is 4.83. The van der Waals surface area contributed by atoms with Crippen molar-refractivity contribution in [1.82, 2.24) is 0 Å². The molecule has 0 saturated heterocycles. The maximum Gasteiger partial charge on any atom is 0.195 e. The average Bonchev–Trinajstić information content (AvgIpc) is 3.14. The summed E-state index contributed by atoms with van der Waals surface area (Å²) in [6.07, 6.45) is 3.44. The Balaban J connectivity index is 1.84. The van der Waals surface area contributed by atoms with Gasteiger partial charge in [-0.05, 0) is 47.4 Å². The fourth-order valence-electron chi connectivity index (χ4n) is 2.08. The van der Waals surface area contributed by atoms with E-state index < -0.39 is 0 Å². The average molecular weight is 314 g/mol. The monoisotopic (exact) mass is 314 g/mol. The van der Waals surface area contributed by atoms with Gasteiger partial charge in [0.2, 0.25) is 0 Å². The quantitative estimate of drug-likeness (QED) is 0.376. The van der Waals surface area contributed by atoms with E-state index in [4.69, 9.17) is 0 Å². The van der Waals surface area contributed by atoms with Gasteiger partial charge in [0, 0.05) is 11.1 Å². The summed E-state index contributed by atoms with van der Waals surface area (Å²) in [5.74, 6) is 6.35. The van der Waals surface area contributed by atoms with Crippen LogP contribution in [-0.2, 0) is 0 Å². The van der Waals surface area contributed by atoms with Gasteiger partial charge in [-0.2, -0.15) is 0 Å². The predicted molar refractivity (Wildman–Crippen MR) is 96.5 cm³/mol. The Morgan fingerprint density at radius 3 is 2.43 bits per heavy atom. The van der Waals surface area contributed by atoms with Crippen molar-refractivity contribution >= 4 is 23.2 Å². The third-order valence-electron chi connectivity index (χ3n) is 3.25. The molecule has 2 aromatic carbocycles. The van der Waals surface area contributed by atoms with Crippen LogP contribution in [0.3, 0.4) is 0 Å². The molecule has 0 atom stereocenters. The summed E-state index contributed by atoms with van der Waals surface area (Å²) in [5, 5.41) is 1.90. The summed E-state index contributed by atoms with van der Waals surface area (Å²) in [6.45, 7) is 0. The zero-order chi connectivity index (χ0) is 15.9. The van der Waals surface area contributed by atoms with Crippen molar-refractivity contribution in [2.75, 3.05) is 0 Å². The van der Waals surface area contributed by atoms with E-state index in [9.17, 15) is 4.79 Å². The standard InChI is InChI=1S/C21H14OS/c22-20(21-11-6-16-23-21)15-14-19-10-5-4-9-18(19)13-12-17-7-2-1-3-8-17/h1-11,14-16H/b15-14+. The van der Waals surface area contributed by atoms with E-state index in [-0.39, 0.29) is 5.78 Å². The molecule has 0 aliphatic heterocycles. The Morgan fingerprint density at radius 2 is 1.65 bits per heavy atom. The van der Waals surface area contributed by atoms with E-state index in [1.165, 1.54) is 11.3 Å². The van der Waals surface area contributed by atoms with Crippen LogP contribution < -0.4 is 0 Å². The molecule has 2 heteroatoms. The molecular weight excluding hydrogens is 300 g/mol. The van der Waals surface area contributed by atoms with Crippen LogP contribution in [0.4, 0.5) is 0 Å². The highest BCUT2D eigenvalue weighted by atomic mass is 32.1. The van der Waals surface area contributed by atoms with Crippen molar-refractivity contribution in [3.05, 3.63) is 99.8 Å². The molecule has 0 radical (unpaired) electrons. The van der Waals surface area contributed by atoms with Gasteiger partial charge in [0.05, 0.1) is 4.88 Å². The Bertz CT molecular complexity index is 878. The first kappa shape index (κ1) is 15.0. The maximum atomic E-state index is 12.1. The molecule has 0 bridgehead atoms. The molecule has 0 spiro atoms. The molecule has 0 unspecified atom stereocenters. The number of carbonyl (C=O) groups is 1. The molecule has 0 amide bonds. The lowest BCUT2D eigenvalue weighted by molar-refractivity contribution is 0.105. The maximum absolute atomic E-state index is 12.1. The summed E-state index contributed by atoms with van der Waals surface area (Å²) >= 11 is 1.45. The van der Waals surface area contributed by atoms with E-state index in [2.05, 4.69) is 11.8 Å². The van der Waals surface area contributed by atoms with Crippen molar-refractivity contribution in [3.8, 4) is 11.8 Å². The molecule has 110 valence electrons. The van der Waals surface area contributed by atoms with Crippen molar-refractivity contribution in [2.45, 2.75) is 0 Å². The molecule has 0 fully saturated rings. The van der Waals surface area contributed by atoms with Crippen LogP contribution in [0.5, 0.6) is 0 Å². The number of carbonyl (C=O) groups excluding carboxylic acids is 1. The number of benzene rings is 2. The lowest BCUT2D eigenvalue weighted by atomic mass is 10.1. The van der Waals surface area contributed by atoms with Gasteiger partial charge in [-0.15, -0.1) is 11.3 Å². The molecule has 0 aliphatic rings. The normalized spacial score (nSPS) is 10.3. The first-order chi connectivity index (χ1) is 11.3. The molecule has 1 aromatic heterocycles. The van der Waals surface area contributed by atoms with Crippen molar-refractivity contribution < 1.29 is 4.79 Å². The fourth-order valence-corrected chi connectivity index (χ4v) is 2.73. The smallest absolute Gasteiger partial charge is 0.195 e. The summed E-state index contributed by atoms with van der Waals surface area (Å²) in [6, 6.07) is 21.4. The molecular formula is C21H14OS. The molecule has 1 nitrogen and oxygen atoms in total. The molecule has 3 aromatic rings. The lowest BCUT2D eigenvalue weighted by Gasteiger charge is -1.98. The minimum absolute atomic E-state index is 0.0193. The predicted octanol–water partition coefficient (Wildman–Crippen LogP) is 5.04. The van der Waals surface area contributed by atoms with E-state index in [0.717, 1.165) is 21.6 Å². The SMILES string of the molecule is O=C(/C=C/c1ccccc1C#Cc1ccccc1)c1cccs1. The van der Waals surface area contributed by atoms with Crippen molar-refractivity contribution in [1.29, 1.82) is 0 Å². The number of ketones is 1. The van der Waals surface area contributed by atoms with Crippen LogP contribution in [0.15, 0.2) is 78.2 Å². The van der Waals surface area contributed by atoms with E-state index in [1.807, 2.05) is 78.2 Å². The van der Waals surface area contributed by atoms with Crippen LogP contribution in [0.25, 0.3) is 6.08 Å². The second kappa shape index (κ2) is 7.40. The molecule has 0 aliphatic carbocycles. The van der Waals surface area contributed by atoms with Gasteiger partial charge < -0.3 is 0 Å². The van der Waals surface area contributed by atoms with E-state index in [1.54, 1.807) is 6.08 Å². The Morgan fingerprint density at radius 1 is 0.870 bits per heavy atom. The fraction of sp³-hybridized carbons (Fsp3) is 0. The van der Waals surface area contributed by atoms with E-state index in [0.29, 0.717) is 0 Å². The van der Waals surface area contributed by atoms with Crippen molar-refractivity contribution in [3.63, 3.8) is 0 Å². The lowest BCUT2D eigenvalue weighted by Crippen LogP contribution is -1.89. The van der Waals surface area contributed by atoms with E-state index >= 15 is 0 Å². The van der Waals surface area contributed by atoms with Gasteiger partial charge in [-0.3, -0.25) is 4.79 Å². The highest BCUT2D eigenvalue weighted by Crippen LogP contribution is 2.13. The zero-order valence-corrected chi connectivity index (χ0v) is 13.2. The Hall–Kier alpha value is -2.89. The van der Waals surface area contributed by atoms with Gasteiger partial charge in [-0.25, -0.2) is 0 Å². The van der Waals surface area contributed by atoms with Gasteiger partial charge in [0.15, 0.2) is 5.78 Å². The van der Waals surface area contributed by atoms with Crippen LogP contribution in [0.2, 0.25) is 0 Å². The number of thiophene rings is 1. The van der Waals surface area contributed by atoms with Crippen LogP contribution in [0.1, 0.15) is 26.4 Å². The topological polar surface area (TPSA) is 17.1 Å².